The zero-order valence-electron chi connectivity index (χ0n) is 7.79. The number of hydrogen-bond donors (Lipinski definition) is 0. The number of rotatable bonds is 3. The number of carbonyl (C=O) groups excluding carboxylic acids is 1. The first-order valence-corrected chi connectivity index (χ1v) is 5.68. The van der Waals surface area contributed by atoms with E-state index in [2.05, 4.69) is 4.74 Å². The van der Waals surface area contributed by atoms with Crippen molar-refractivity contribution in [3.8, 4) is 0 Å². The zero-order valence-corrected chi connectivity index (χ0v) is 8.61. The maximum Gasteiger partial charge on any atom is 0.305 e. The van der Waals surface area contributed by atoms with Crippen molar-refractivity contribution in [3.63, 3.8) is 0 Å². The van der Waals surface area contributed by atoms with Gasteiger partial charge >= 0.3 is 5.97 Å². The van der Waals surface area contributed by atoms with E-state index in [4.69, 9.17) is 0 Å². The van der Waals surface area contributed by atoms with Gasteiger partial charge in [-0.25, -0.2) is 4.39 Å². The van der Waals surface area contributed by atoms with Crippen LogP contribution in [0.2, 0.25) is 0 Å². The molecule has 0 aromatic carbocycles. The first-order chi connectivity index (χ1) is 6.24. The summed E-state index contributed by atoms with van der Waals surface area (Å²) in [5, 5.41) is 0. The number of hydrogen-bond acceptors (Lipinski definition) is 3. The molecule has 1 aliphatic heterocycles. The van der Waals surface area contributed by atoms with Gasteiger partial charge in [-0.05, 0) is 24.5 Å². The fraction of sp³-hybridized carbons (Fsp3) is 0.889. The van der Waals surface area contributed by atoms with Gasteiger partial charge in [0.25, 0.3) is 0 Å². The van der Waals surface area contributed by atoms with Crippen molar-refractivity contribution >= 4 is 17.7 Å². The molecule has 1 saturated heterocycles. The molecule has 0 radical (unpaired) electrons. The lowest BCUT2D eigenvalue weighted by molar-refractivity contribution is -0.141. The molecule has 1 rings (SSSR count). The molecule has 1 heterocycles. The summed E-state index contributed by atoms with van der Waals surface area (Å²) in [4.78, 5) is 10.8. The van der Waals surface area contributed by atoms with Crippen LogP contribution >= 0.6 is 11.8 Å². The highest BCUT2D eigenvalue weighted by Gasteiger charge is 2.25. The Bertz CT molecular complexity index is 175. The first-order valence-electron chi connectivity index (χ1n) is 4.52. The van der Waals surface area contributed by atoms with Crippen LogP contribution in [0, 0.1) is 5.92 Å². The Balaban J connectivity index is 2.22. The molecule has 0 bridgehead atoms. The summed E-state index contributed by atoms with van der Waals surface area (Å²) >= 11 is 1.66. The maximum absolute atomic E-state index is 13.2. The molecule has 1 fully saturated rings. The summed E-state index contributed by atoms with van der Waals surface area (Å²) in [5.41, 5.74) is 0. The normalized spacial score (nSPS) is 28.5. The van der Waals surface area contributed by atoms with Crippen molar-refractivity contribution in [2.75, 3.05) is 18.6 Å². The van der Waals surface area contributed by atoms with Crippen molar-refractivity contribution in [1.29, 1.82) is 0 Å². The van der Waals surface area contributed by atoms with E-state index >= 15 is 0 Å². The molecule has 0 aromatic heterocycles. The molecule has 0 N–H and O–H groups in total. The molecule has 0 amide bonds. The fourth-order valence-electron chi connectivity index (χ4n) is 1.48. The SMILES string of the molecule is COC(=O)CC[C@H]1CCSC[C@H]1F. The Morgan fingerprint density at radius 2 is 2.46 bits per heavy atom. The van der Waals surface area contributed by atoms with E-state index in [-0.39, 0.29) is 11.9 Å². The Morgan fingerprint density at radius 3 is 3.08 bits per heavy atom. The van der Waals surface area contributed by atoms with Gasteiger partial charge in [-0.2, -0.15) is 11.8 Å². The van der Waals surface area contributed by atoms with Gasteiger partial charge in [-0.3, -0.25) is 4.79 Å². The standard InChI is InChI=1S/C9H15FO2S/c1-12-9(11)3-2-7-4-5-13-6-8(7)10/h7-8H,2-6H2,1H3/t7-,8+/m0/s1. The van der Waals surface area contributed by atoms with Gasteiger partial charge in [0, 0.05) is 12.2 Å². The van der Waals surface area contributed by atoms with E-state index in [1.54, 1.807) is 11.8 Å². The topological polar surface area (TPSA) is 26.3 Å². The van der Waals surface area contributed by atoms with Crippen molar-refractivity contribution in [2.24, 2.45) is 5.92 Å². The van der Waals surface area contributed by atoms with Crippen LogP contribution in [0.25, 0.3) is 0 Å². The minimum atomic E-state index is -0.733. The second-order valence-corrected chi connectivity index (χ2v) is 4.40. The van der Waals surface area contributed by atoms with Gasteiger partial charge in [0.1, 0.15) is 6.17 Å². The van der Waals surface area contributed by atoms with E-state index in [1.807, 2.05) is 0 Å². The molecule has 1 aliphatic rings. The van der Waals surface area contributed by atoms with Crippen LogP contribution in [-0.4, -0.2) is 30.8 Å². The van der Waals surface area contributed by atoms with Gasteiger partial charge in [0.15, 0.2) is 0 Å². The molecule has 2 nitrogen and oxygen atoms in total. The summed E-state index contributed by atoms with van der Waals surface area (Å²) in [6.07, 6.45) is 1.15. The molecule has 0 aliphatic carbocycles. The molecule has 0 unspecified atom stereocenters. The van der Waals surface area contributed by atoms with Crippen LogP contribution in [0.1, 0.15) is 19.3 Å². The molecular formula is C9H15FO2S. The predicted molar refractivity (Wildman–Crippen MR) is 51.6 cm³/mol. The van der Waals surface area contributed by atoms with Crippen molar-refractivity contribution < 1.29 is 13.9 Å². The second kappa shape index (κ2) is 5.47. The largest absolute Gasteiger partial charge is 0.469 e. The number of methoxy groups -OCH3 is 1. The van der Waals surface area contributed by atoms with E-state index < -0.39 is 6.17 Å². The monoisotopic (exact) mass is 206 g/mol. The van der Waals surface area contributed by atoms with Crippen molar-refractivity contribution in [2.45, 2.75) is 25.4 Å². The molecule has 0 saturated carbocycles. The van der Waals surface area contributed by atoms with Crippen LogP contribution in [-0.2, 0) is 9.53 Å². The summed E-state index contributed by atoms with van der Waals surface area (Å²) in [5.74, 6) is 1.45. The van der Waals surface area contributed by atoms with Gasteiger partial charge in [0.2, 0.25) is 0 Å². The quantitative estimate of drug-likeness (QED) is 0.661. The zero-order chi connectivity index (χ0) is 9.68. The second-order valence-electron chi connectivity index (χ2n) is 3.25. The minimum Gasteiger partial charge on any atom is -0.469 e. The van der Waals surface area contributed by atoms with E-state index in [0.717, 1.165) is 12.2 Å². The minimum absolute atomic E-state index is 0.0698. The number of carbonyl (C=O) groups is 1. The third kappa shape index (κ3) is 3.55. The van der Waals surface area contributed by atoms with Gasteiger partial charge in [-0.15, -0.1) is 0 Å². The lowest BCUT2D eigenvalue weighted by Crippen LogP contribution is -2.24. The third-order valence-electron chi connectivity index (χ3n) is 2.37. The lowest BCUT2D eigenvalue weighted by atomic mass is 9.95. The van der Waals surface area contributed by atoms with Crippen molar-refractivity contribution in [1.82, 2.24) is 0 Å². The Hall–Kier alpha value is -0.250. The summed E-state index contributed by atoms with van der Waals surface area (Å²) in [6.45, 7) is 0. The molecular weight excluding hydrogens is 191 g/mol. The Kier molecular flexibility index (Phi) is 4.56. The molecule has 0 aromatic rings. The maximum atomic E-state index is 13.2. The molecule has 4 heteroatoms. The number of esters is 1. The van der Waals surface area contributed by atoms with Gasteiger partial charge < -0.3 is 4.74 Å². The predicted octanol–water partition coefficient (Wildman–Crippen LogP) is 2.03. The number of thioether (sulfide) groups is 1. The fourth-order valence-corrected chi connectivity index (χ4v) is 2.61. The summed E-state index contributed by atoms with van der Waals surface area (Å²) < 4.78 is 17.7. The van der Waals surface area contributed by atoms with Crippen LogP contribution in [0.15, 0.2) is 0 Å². The average Bonchev–Trinajstić information content (AvgIpc) is 2.16. The number of alkyl halides is 1. The van der Waals surface area contributed by atoms with E-state index in [1.165, 1.54) is 7.11 Å². The summed E-state index contributed by atoms with van der Waals surface area (Å²) in [6, 6.07) is 0. The molecule has 2 atom stereocenters. The smallest absolute Gasteiger partial charge is 0.305 e. The Morgan fingerprint density at radius 1 is 1.69 bits per heavy atom. The molecule has 0 spiro atoms. The first kappa shape index (κ1) is 10.8. The highest BCUT2D eigenvalue weighted by atomic mass is 32.2. The van der Waals surface area contributed by atoms with Crippen LogP contribution in [0.4, 0.5) is 4.39 Å². The Labute approximate surface area is 82.2 Å². The number of halogens is 1. The van der Waals surface area contributed by atoms with Crippen molar-refractivity contribution in [3.05, 3.63) is 0 Å². The summed E-state index contributed by atoms with van der Waals surface area (Å²) in [7, 11) is 1.37. The number of ether oxygens (including phenoxy) is 1. The van der Waals surface area contributed by atoms with E-state index in [9.17, 15) is 9.18 Å². The highest BCUT2D eigenvalue weighted by Crippen LogP contribution is 2.29. The highest BCUT2D eigenvalue weighted by molar-refractivity contribution is 7.99. The van der Waals surface area contributed by atoms with Crippen LogP contribution in [0.5, 0.6) is 0 Å². The van der Waals surface area contributed by atoms with Gasteiger partial charge in [-0.1, -0.05) is 0 Å². The van der Waals surface area contributed by atoms with Crippen LogP contribution < -0.4 is 0 Å². The third-order valence-corrected chi connectivity index (χ3v) is 3.45. The lowest BCUT2D eigenvalue weighted by Gasteiger charge is -2.24. The molecule has 13 heavy (non-hydrogen) atoms. The molecule has 76 valence electrons. The average molecular weight is 206 g/mol. The van der Waals surface area contributed by atoms with Gasteiger partial charge in [0.05, 0.1) is 7.11 Å². The van der Waals surface area contributed by atoms with Crippen LogP contribution in [0.3, 0.4) is 0 Å². The van der Waals surface area contributed by atoms with E-state index in [0.29, 0.717) is 18.6 Å².